The third-order valence-electron chi connectivity index (χ3n) is 6.25. The van der Waals surface area contributed by atoms with Crippen LogP contribution < -0.4 is 19.5 Å². The van der Waals surface area contributed by atoms with Gasteiger partial charge in [-0.3, -0.25) is 9.59 Å². The molecule has 2 aromatic carbocycles. The van der Waals surface area contributed by atoms with Crippen molar-refractivity contribution in [2.24, 2.45) is 0 Å². The minimum Gasteiger partial charge on any atom is -0.493 e. The van der Waals surface area contributed by atoms with Gasteiger partial charge in [-0.15, -0.1) is 0 Å². The molecule has 0 saturated carbocycles. The maximum absolute atomic E-state index is 13.9. The third-order valence-corrected chi connectivity index (χ3v) is 7.98. The van der Waals surface area contributed by atoms with E-state index in [0.29, 0.717) is 29.7 Å². The minimum absolute atomic E-state index is 0.0274. The van der Waals surface area contributed by atoms with E-state index in [-0.39, 0.29) is 42.8 Å². The second-order valence-electron chi connectivity index (χ2n) is 9.54. The van der Waals surface area contributed by atoms with E-state index < -0.39 is 28.3 Å². The zero-order valence-electron chi connectivity index (χ0n) is 25.0. The molecule has 0 aromatic heterocycles. The van der Waals surface area contributed by atoms with Crippen LogP contribution in [0.5, 0.6) is 11.5 Å². The van der Waals surface area contributed by atoms with Gasteiger partial charge in [0, 0.05) is 43.7 Å². The fourth-order valence-electron chi connectivity index (χ4n) is 4.15. The summed E-state index contributed by atoms with van der Waals surface area (Å²) in [6.45, 7) is 8.23. The first-order chi connectivity index (χ1) is 19.9. The van der Waals surface area contributed by atoms with Gasteiger partial charge in [-0.1, -0.05) is 17.7 Å². The molecular weight excluding hydrogens is 586 g/mol. The number of amides is 2. The molecular formula is C29H42ClN3O8S. The van der Waals surface area contributed by atoms with Gasteiger partial charge in [-0.2, -0.15) is 0 Å². The van der Waals surface area contributed by atoms with Crippen LogP contribution in [0, 0.1) is 0 Å². The number of methoxy groups -OCH3 is 2. The molecule has 2 N–H and O–H groups in total. The lowest BCUT2D eigenvalue weighted by Gasteiger charge is -2.33. The number of nitrogens with zero attached hydrogens (tertiary/aromatic N) is 1. The summed E-state index contributed by atoms with van der Waals surface area (Å²) in [6.07, 6.45) is -0.672. The first-order valence-corrected chi connectivity index (χ1v) is 15.6. The van der Waals surface area contributed by atoms with E-state index in [1.54, 1.807) is 23.1 Å². The first kappa shape index (κ1) is 35.3. The van der Waals surface area contributed by atoms with E-state index in [0.717, 1.165) is 5.56 Å². The number of rotatable bonds is 18. The molecule has 0 heterocycles. The lowest BCUT2D eigenvalue weighted by atomic mass is 10.0. The topological polar surface area (TPSA) is 132 Å². The van der Waals surface area contributed by atoms with E-state index in [9.17, 15) is 18.0 Å². The number of nitrogens with one attached hydrogen (secondary N) is 2. The van der Waals surface area contributed by atoms with E-state index in [4.69, 9.17) is 30.5 Å². The van der Waals surface area contributed by atoms with Crippen molar-refractivity contribution in [3.05, 3.63) is 53.1 Å². The normalized spacial score (nSPS) is 12.3. The second-order valence-corrected chi connectivity index (χ2v) is 11.7. The molecule has 0 aliphatic rings. The molecule has 1 unspecified atom stereocenters. The summed E-state index contributed by atoms with van der Waals surface area (Å²) in [4.78, 5) is 28.6. The van der Waals surface area contributed by atoms with E-state index in [2.05, 4.69) is 10.0 Å². The summed E-state index contributed by atoms with van der Waals surface area (Å²) in [6, 6.07) is 9.76. The zero-order chi connectivity index (χ0) is 31.3. The van der Waals surface area contributed by atoms with Crippen LogP contribution >= 0.6 is 11.6 Å². The smallest absolute Gasteiger partial charge is 0.245 e. The van der Waals surface area contributed by atoms with Gasteiger partial charge < -0.3 is 29.2 Å². The van der Waals surface area contributed by atoms with Crippen molar-refractivity contribution in [1.82, 2.24) is 14.9 Å². The number of halogens is 1. The number of carbonyl (C=O) groups excluding carboxylic acids is 2. The predicted octanol–water partition coefficient (Wildman–Crippen LogP) is 3.39. The lowest BCUT2D eigenvalue weighted by Crippen LogP contribution is -2.54. The van der Waals surface area contributed by atoms with Crippen molar-refractivity contribution in [1.29, 1.82) is 0 Å². The Morgan fingerprint density at radius 1 is 0.952 bits per heavy atom. The van der Waals surface area contributed by atoms with Crippen LogP contribution in [0.25, 0.3) is 0 Å². The predicted molar refractivity (Wildman–Crippen MR) is 160 cm³/mol. The Morgan fingerprint density at radius 2 is 1.57 bits per heavy atom. The van der Waals surface area contributed by atoms with Gasteiger partial charge in [0.2, 0.25) is 21.8 Å². The highest BCUT2D eigenvalue weighted by Crippen LogP contribution is 2.28. The average Bonchev–Trinajstić information content (AvgIpc) is 2.95. The second kappa shape index (κ2) is 17.3. The van der Waals surface area contributed by atoms with Crippen LogP contribution in [-0.2, 0) is 35.5 Å². The number of benzene rings is 2. The average molecular weight is 628 g/mol. The van der Waals surface area contributed by atoms with Gasteiger partial charge in [0.15, 0.2) is 17.8 Å². The lowest BCUT2D eigenvalue weighted by molar-refractivity contribution is -0.163. The Kier molecular flexibility index (Phi) is 14.5. The van der Waals surface area contributed by atoms with Crippen LogP contribution in [0.2, 0.25) is 5.02 Å². The Bertz CT molecular complexity index is 1250. The molecule has 0 saturated heterocycles. The molecule has 0 radical (unpaired) electrons. The van der Waals surface area contributed by atoms with Crippen LogP contribution in [0.15, 0.2) is 47.4 Å². The monoisotopic (exact) mass is 627 g/mol. The molecule has 42 heavy (non-hydrogen) atoms. The van der Waals surface area contributed by atoms with Crippen LogP contribution in [0.1, 0.15) is 39.7 Å². The molecule has 2 rings (SSSR count). The van der Waals surface area contributed by atoms with Crippen molar-refractivity contribution in [2.75, 3.05) is 40.5 Å². The van der Waals surface area contributed by atoms with E-state index in [1.807, 2.05) is 27.7 Å². The summed E-state index contributed by atoms with van der Waals surface area (Å²) in [7, 11) is -0.807. The highest BCUT2D eigenvalue weighted by atomic mass is 35.5. The summed E-state index contributed by atoms with van der Waals surface area (Å²) in [5.74, 6) is 0.181. The quantitative estimate of drug-likeness (QED) is 0.240. The van der Waals surface area contributed by atoms with Gasteiger partial charge >= 0.3 is 0 Å². The Morgan fingerprint density at radius 3 is 2.12 bits per heavy atom. The highest BCUT2D eigenvalue weighted by molar-refractivity contribution is 7.89. The molecule has 11 nitrogen and oxygen atoms in total. The van der Waals surface area contributed by atoms with Gasteiger partial charge in [-0.25, -0.2) is 13.1 Å². The fourth-order valence-corrected chi connectivity index (χ4v) is 5.31. The molecule has 0 spiro atoms. The summed E-state index contributed by atoms with van der Waals surface area (Å²) in [5, 5.41) is 3.21. The number of hydrogen-bond acceptors (Lipinski definition) is 8. The Labute approximate surface area is 253 Å². The van der Waals surface area contributed by atoms with Gasteiger partial charge in [0.05, 0.1) is 25.7 Å². The molecule has 13 heteroatoms. The number of hydrogen-bond donors (Lipinski definition) is 2. The maximum atomic E-state index is 13.9. The van der Waals surface area contributed by atoms with Crippen LogP contribution in [0.4, 0.5) is 0 Å². The van der Waals surface area contributed by atoms with Gasteiger partial charge in [-0.05, 0) is 69.7 Å². The molecule has 0 bridgehead atoms. The molecule has 1 atom stereocenters. The van der Waals surface area contributed by atoms with Gasteiger partial charge in [0.25, 0.3) is 0 Å². The molecule has 234 valence electrons. The molecule has 0 aliphatic carbocycles. The first-order valence-electron chi connectivity index (χ1n) is 13.7. The SMILES string of the molecule is CCOC(CN(C(=O)C(Cc1ccc(OC)c(OC)c1)NC(=O)CCNS(=O)(=O)c1ccc(Cl)cc1)C(C)C)OCC. The van der Waals surface area contributed by atoms with Crippen molar-refractivity contribution < 1.29 is 37.0 Å². The molecule has 2 aromatic rings. The number of sulfonamides is 1. The summed E-state index contributed by atoms with van der Waals surface area (Å²) < 4.78 is 49.7. The highest BCUT2D eigenvalue weighted by Gasteiger charge is 2.30. The fraction of sp³-hybridized carbons (Fsp3) is 0.517. The Hall–Kier alpha value is -2.90. The summed E-state index contributed by atoms with van der Waals surface area (Å²) >= 11 is 5.85. The van der Waals surface area contributed by atoms with Crippen LogP contribution in [-0.4, -0.2) is 84.0 Å². The van der Waals surface area contributed by atoms with Crippen molar-refractivity contribution in [3.63, 3.8) is 0 Å². The standard InChI is InChI=1S/C29H42ClN3O8S/c1-7-40-28(41-8-2)19-33(20(3)4)29(35)24(17-21-9-14-25(38-5)26(18-21)39-6)32-27(34)15-16-31-42(36,37)23-12-10-22(30)11-13-23/h9-14,18,20,24,28,31H,7-8,15-17,19H2,1-6H3,(H,32,34). The number of ether oxygens (including phenoxy) is 4. The zero-order valence-corrected chi connectivity index (χ0v) is 26.6. The third kappa shape index (κ3) is 10.7. The van der Waals surface area contributed by atoms with Crippen molar-refractivity contribution in [2.45, 2.75) is 63.8 Å². The van der Waals surface area contributed by atoms with E-state index >= 15 is 0 Å². The molecule has 0 fully saturated rings. The molecule has 0 aliphatic heterocycles. The van der Waals surface area contributed by atoms with Crippen molar-refractivity contribution >= 4 is 33.4 Å². The molecule has 2 amide bonds. The number of carbonyl (C=O) groups is 2. The van der Waals surface area contributed by atoms with Crippen LogP contribution in [0.3, 0.4) is 0 Å². The summed E-state index contributed by atoms with van der Waals surface area (Å²) in [5.41, 5.74) is 0.726. The minimum atomic E-state index is -3.85. The Balaban J connectivity index is 2.24. The van der Waals surface area contributed by atoms with Gasteiger partial charge in [0.1, 0.15) is 6.04 Å². The van der Waals surface area contributed by atoms with E-state index in [1.165, 1.54) is 38.5 Å². The largest absolute Gasteiger partial charge is 0.493 e. The maximum Gasteiger partial charge on any atom is 0.245 e. The van der Waals surface area contributed by atoms with Crippen molar-refractivity contribution in [3.8, 4) is 11.5 Å².